The zero-order chi connectivity index (χ0) is 13.6. The molecule has 0 atom stereocenters. The van der Waals surface area contributed by atoms with Crippen molar-refractivity contribution >= 4 is 6.09 Å². The van der Waals surface area contributed by atoms with Crippen molar-refractivity contribution in [1.82, 2.24) is 4.90 Å². The first-order chi connectivity index (χ1) is 8.42. The highest BCUT2D eigenvalue weighted by Crippen LogP contribution is 2.11. The van der Waals surface area contributed by atoms with Crippen LogP contribution in [-0.4, -0.2) is 23.1 Å². The molecule has 4 heteroatoms. The molecule has 0 aliphatic heterocycles. The number of ether oxygens (including phenoxy) is 1. The van der Waals surface area contributed by atoms with E-state index in [2.05, 4.69) is 12.3 Å². The van der Waals surface area contributed by atoms with Gasteiger partial charge in [-0.1, -0.05) is 6.58 Å². The first kappa shape index (κ1) is 14.1. The molecule has 1 heterocycles. The summed E-state index contributed by atoms with van der Waals surface area (Å²) in [6.07, 6.45) is 3.29. The predicted octanol–water partition coefficient (Wildman–Crippen LogP) is 3.36. The highest BCUT2D eigenvalue weighted by Gasteiger charge is 2.20. The maximum Gasteiger partial charge on any atom is 0.414 e. The van der Waals surface area contributed by atoms with Crippen molar-refractivity contribution in [3.05, 3.63) is 42.7 Å². The highest BCUT2D eigenvalue weighted by atomic mass is 16.6. The number of amides is 1. The number of nitrogens with zero attached hydrogens (tertiary/aromatic N) is 1. The molecule has 0 saturated heterocycles. The average molecular weight is 249 g/mol. The van der Waals surface area contributed by atoms with Crippen LogP contribution in [-0.2, 0) is 11.2 Å². The number of rotatable bonds is 4. The third-order valence-electron chi connectivity index (χ3n) is 2.05. The fourth-order valence-corrected chi connectivity index (χ4v) is 1.32. The minimum absolute atomic E-state index is 0.412. The minimum Gasteiger partial charge on any atom is -0.469 e. The van der Waals surface area contributed by atoms with Gasteiger partial charge in [0.2, 0.25) is 0 Å². The number of hydrogen-bond donors (Lipinski definition) is 0. The summed E-state index contributed by atoms with van der Waals surface area (Å²) in [5.74, 6) is 0.820. The van der Waals surface area contributed by atoms with Crippen LogP contribution in [0, 0.1) is 0 Å². The Hall–Kier alpha value is -1.93. The normalized spacial score (nSPS) is 10.6. The van der Waals surface area contributed by atoms with E-state index in [-0.39, 0.29) is 0 Å². The van der Waals surface area contributed by atoms with Gasteiger partial charge in [-0.2, -0.15) is 0 Å². The molecule has 0 saturated carbocycles. The first-order valence-electron chi connectivity index (χ1n) is 5.80. The molecule has 1 rings (SSSR count). The monoisotopic (exact) mass is 249 g/mol. The third-order valence-corrected chi connectivity index (χ3v) is 2.05. The van der Waals surface area contributed by atoms with Crippen molar-refractivity contribution < 1.29 is 13.9 Å². The van der Waals surface area contributed by atoms with Crippen LogP contribution in [0.1, 0.15) is 26.5 Å². The Kier molecular flexibility index (Phi) is 4.81. The maximum atomic E-state index is 11.9. The van der Waals surface area contributed by atoms with Crippen molar-refractivity contribution in [3.8, 4) is 0 Å². The number of carbonyl (C=O) groups excluding carboxylic acids is 1. The van der Waals surface area contributed by atoms with E-state index in [0.29, 0.717) is 13.0 Å². The molecule has 0 spiro atoms. The zero-order valence-corrected chi connectivity index (χ0v) is 11.1. The van der Waals surface area contributed by atoms with Crippen molar-refractivity contribution in [2.75, 3.05) is 6.54 Å². The Labute approximate surface area is 108 Å². The largest absolute Gasteiger partial charge is 0.469 e. The maximum absolute atomic E-state index is 11.9. The predicted molar refractivity (Wildman–Crippen MR) is 69.1 cm³/mol. The van der Waals surface area contributed by atoms with E-state index in [0.717, 1.165) is 5.76 Å². The van der Waals surface area contributed by atoms with Crippen molar-refractivity contribution in [3.63, 3.8) is 0 Å². The van der Waals surface area contributed by atoms with Crippen LogP contribution in [0.4, 0.5) is 4.79 Å². The summed E-state index contributed by atoms with van der Waals surface area (Å²) < 4.78 is 10.5. The van der Waals surface area contributed by atoms with Gasteiger partial charge in [0, 0.05) is 13.0 Å². The molecule has 0 bridgehead atoms. The summed E-state index contributed by atoms with van der Waals surface area (Å²) >= 11 is 0. The fourth-order valence-electron chi connectivity index (χ4n) is 1.32. The van der Waals surface area contributed by atoms with Crippen LogP contribution in [0.15, 0.2) is 41.3 Å². The van der Waals surface area contributed by atoms with Gasteiger partial charge in [-0.3, -0.25) is 4.90 Å². The molecular formula is C14H19NO3. The fraction of sp³-hybridized carbons (Fsp3) is 0.429. The Morgan fingerprint density at radius 2 is 2.33 bits per heavy atom. The molecule has 1 amide bonds. The van der Waals surface area contributed by atoms with E-state index in [1.165, 1.54) is 11.1 Å². The van der Waals surface area contributed by atoms with E-state index in [1.54, 1.807) is 6.26 Å². The van der Waals surface area contributed by atoms with E-state index in [4.69, 9.17) is 9.15 Å². The molecule has 18 heavy (non-hydrogen) atoms. The van der Waals surface area contributed by atoms with Crippen LogP contribution in [0.5, 0.6) is 0 Å². The summed E-state index contributed by atoms with van der Waals surface area (Å²) in [6, 6.07) is 3.68. The minimum atomic E-state index is -0.519. The summed E-state index contributed by atoms with van der Waals surface area (Å²) in [7, 11) is 0. The number of carbonyl (C=O) groups is 1. The van der Waals surface area contributed by atoms with Crippen LogP contribution in [0.2, 0.25) is 0 Å². The van der Waals surface area contributed by atoms with Gasteiger partial charge in [0.15, 0.2) is 0 Å². The zero-order valence-electron chi connectivity index (χ0n) is 11.1. The van der Waals surface area contributed by atoms with Crippen LogP contribution in [0.3, 0.4) is 0 Å². The van der Waals surface area contributed by atoms with Crippen molar-refractivity contribution in [2.45, 2.75) is 32.8 Å². The van der Waals surface area contributed by atoms with Gasteiger partial charge in [-0.25, -0.2) is 4.79 Å². The average Bonchev–Trinajstić information content (AvgIpc) is 2.74. The lowest BCUT2D eigenvalue weighted by Gasteiger charge is -2.24. The Morgan fingerprint density at radius 3 is 2.83 bits per heavy atom. The summed E-state index contributed by atoms with van der Waals surface area (Å²) in [5, 5.41) is 0. The van der Waals surface area contributed by atoms with Crippen LogP contribution < -0.4 is 0 Å². The second-order valence-electron chi connectivity index (χ2n) is 4.84. The van der Waals surface area contributed by atoms with E-state index >= 15 is 0 Å². The van der Waals surface area contributed by atoms with E-state index < -0.39 is 11.7 Å². The van der Waals surface area contributed by atoms with Gasteiger partial charge in [-0.05, 0) is 32.9 Å². The lowest BCUT2D eigenvalue weighted by molar-refractivity contribution is 0.0336. The summed E-state index contributed by atoms with van der Waals surface area (Å²) in [5.41, 5.74) is 2.07. The second kappa shape index (κ2) is 6.12. The lowest BCUT2D eigenvalue weighted by atomic mass is 10.2. The standard InChI is InChI=1S/C14H19NO3/c1-5-9-15(13(16)18-14(2,3)4)10-8-12-7-6-11-17-12/h6-7,9,11H,1,8,10H2,2-4H3. The molecule has 98 valence electrons. The smallest absolute Gasteiger partial charge is 0.414 e. The molecule has 0 aliphatic carbocycles. The molecule has 0 fully saturated rings. The Bertz CT molecular complexity index is 422. The van der Waals surface area contributed by atoms with Gasteiger partial charge in [0.1, 0.15) is 11.4 Å². The first-order valence-corrected chi connectivity index (χ1v) is 5.80. The van der Waals surface area contributed by atoms with Gasteiger partial charge >= 0.3 is 6.09 Å². The molecule has 0 radical (unpaired) electrons. The molecule has 1 aromatic rings. The van der Waals surface area contributed by atoms with Gasteiger partial charge in [0.25, 0.3) is 0 Å². The van der Waals surface area contributed by atoms with Gasteiger partial charge < -0.3 is 9.15 Å². The van der Waals surface area contributed by atoms with Gasteiger partial charge in [0.05, 0.1) is 12.5 Å². The lowest BCUT2D eigenvalue weighted by Crippen LogP contribution is -2.34. The number of furan rings is 1. The van der Waals surface area contributed by atoms with Crippen LogP contribution >= 0.6 is 0 Å². The molecule has 4 nitrogen and oxygen atoms in total. The van der Waals surface area contributed by atoms with Crippen LogP contribution in [0.25, 0.3) is 0 Å². The Balaban J connectivity index is 2.59. The van der Waals surface area contributed by atoms with Gasteiger partial charge in [-0.15, -0.1) is 5.73 Å². The highest BCUT2D eigenvalue weighted by molar-refractivity contribution is 5.69. The molecule has 1 aromatic heterocycles. The molecule has 0 N–H and O–H groups in total. The molecule has 0 aliphatic rings. The van der Waals surface area contributed by atoms with E-state index in [9.17, 15) is 4.79 Å². The molecular weight excluding hydrogens is 230 g/mol. The van der Waals surface area contributed by atoms with Crippen molar-refractivity contribution in [1.29, 1.82) is 0 Å². The quantitative estimate of drug-likeness (QED) is 0.768. The number of hydrogen-bond acceptors (Lipinski definition) is 3. The topological polar surface area (TPSA) is 42.7 Å². The SMILES string of the molecule is C=C=CN(CCc1ccco1)C(=O)OC(C)(C)C. The van der Waals surface area contributed by atoms with Crippen molar-refractivity contribution in [2.24, 2.45) is 0 Å². The molecule has 0 aromatic carbocycles. The summed E-state index contributed by atoms with van der Waals surface area (Å²) in [6.45, 7) is 9.41. The second-order valence-corrected chi connectivity index (χ2v) is 4.84. The summed E-state index contributed by atoms with van der Waals surface area (Å²) in [4.78, 5) is 13.3. The van der Waals surface area contributed by atoms with E-state index in [1.807, 2.05) is 32.9 Å². The molecule has 0 unspecified atom stereocenters. The Morgan fingerprint density at radius 1 is 1.61 bits per heavy atom. The third kappa shape index (κ3) is 4.93.